The van der Waals surface area contributed by atoms with Gasteiger partial charge in [-0.05, 0) is 37.1 Å². The fourth-order valence-electron chi connectivity index (χ4n) is 2.32. The van der Waals surface area contributed by atoms with Crippen molar-refractivity contribution < 1.29 is 9.84 Å². The Hall–Kier alpha value is -1.22. The number of hydrogen-bond acceptors (Lipinski definition) is 3. The van der Waals surface area contributed by atoms with Crippen LogP contribution in [0.1, 0.15) is 25.7 Å². The SMILES string of the molecule is COC1CCCCC1Nc1ccc(O)cc1. The van der Waals surface area contributed by atoms with E-state index in [-0.39, 0.29) is 0 Å². The van der Waals surface area contributed by atoms with Gasteiger partial charge in [0.1, 0.15) is 5.75 Å². The van der Waals surface area contributed by atoms with E-state index >= 15 is 0 Å². The zero-order valence-electron chi connectivity index (χ0n) is 9.65. The molecule has 0 heterocycles. The van der Waals surface area contributed by atoms with Gasteiger partial charge in [-0.3, -0.25) is 0 Å². The first kappa shape index (κ1) is 11.3. The monoisotopic (exact) mass is 221 g/mol. The standard InChI is InChI=1S/C13H19NO2/c1-16-13-5-3-2-4-12(13)14-10-6-8-11(15)9-7-10/h6-9,12-15H,2-5H2,1H3. The van der Waals surface area contributed by atoms with Gasteiger partial charge in [0.2, 0.25) is 0 Å². The lowest BCUT2D eigenvalue weighted by atomic mass is 9.92. The Morgan fingerprint density at radius 3 is 2.56 bits per heavy atom. The topological polar surface area (TPSA) is 41.5 Å². The van der Waals surface area contributed by atoms with Gasteiger partial charge in [-0.25, -0.2) is 0 Å². The average molecular weight is 221 g/mol. The van der Waals surface area contributed by atoms with Crippen molar-refractivity contribution in [3.8, 4) is 5.75 Å². The smallest absolute Gasteiger partial charge is 0.115 e. The Morgan fingerprint density at radius 2 is 1.88 bits per heavy atom. The molecule has 0 amide bonds. The summed E-state index contributed by atoms with van der Waals surface area (Å²) >= 11 is 0. The Morgan fingerprint density at radius 1 is 1.19 bits per heavy atom. The van der Waals surface area contributed by atoms with Crippen molar-refractivity contribution in [1.82, 2.24) is 0 Å². The van der Waals surface area contributed by atoms with Gasteiger partial charge in [0, 0.05) is 12.8 Å². The summed E-state index contributed by atoms with van der Waals surface area (Å²) in [6.45, 7) is 0. The summed E-state index contributed by atoms with van der Waals surface area (Å²) < 4.78 is 5.49. The number of anilines is 1. The molecule has 1 aliphatic rings. The number of nitrogens with one attached hydrogen (secondary N) is 1. The van der Waals surface area contributed by atoms with E-state index < -0.39 is 0 Å². The summed E-state index contributed by atoms with van der Waals surface area (Å²) in [5, 5.41) is 12.7. The lowest BCUT2D eigenvalue weighted by molar-refractivity contribution is 0.0606. The molecule has 2 unspecified atom stereocenters. The van der Waals surface area contributed by atoms with E-state index in [1.807, 2.05) is 12.1 Å². The number of phenolic OH excluding ortho intramolecular Hbond substituents is 1. The molecule has 0 spiro atoms. The van der Waals surface area contributed by atoms with E-state index in [1.165, 1.54) is 12.8 Å². The van der Waals surface area contributed by atoms with Crippen molar-refractivity contribution >= 4 is 5.69 Å². The minimum atomic E-state index is 0.303. The highest BCUT2D eigenvalue weighted by atomic mass is 16.5. The maximum Gasteiger partial charge on any atom is 0.115 e. The van der Waals surface area contributed by atoms with Crippen molar-refractivity contribution in [2.24, 2.45) is 0 Å². The van der Waals surface area contributed by atoms with Gasteiger partial charge in [0.05, 0.1) is 12.1 Å². The molecular formula is C13H19NO2. The highest BCUT2D eigenvalue weighted by Crippen LogP contribution is 2.24. The number of methoxy groups -OCH3 is 1. The van der Waals surface area contributed by atoms with Crippen molar-refractivity contribution in [3.05, 3.63) is 24.3 Å². The Kier molecular flexibility index (Phi) is 3.67. The fraction of sp³-hybridized carbons (Fsp3) is 0.538. The second-order valence-corrected chi connectivity index (χ2v) is 4.36. The van der Waals surface area contributed by atoms with Crippen LogP contribution in [0.5, 0.6) is 5.75 Å². The predicted octanol–water partition coefficient (Wildman–Crippen LogP) is 2.76. The molecule has 1 fully saturated rings. The third kappa shape index (κ3) is 2.67. The highest BCUT2D eigenvalue weighted by molar-refractivity contribution is 5.47. The van der Waals surface area contributed by atoms with E-state index in [4.69, 9.17) is 4.74 Å². The molecule has 1 aromatic rings. The van der Waals surface area contributed by atoms with Crippen LogP contribution >= 0.6 is 0 Å². The summed E-state index contributed by atoms with van der Waals surface area (Å²) in [7, 11) is 1.78. The van der Waals surface area contributed by atoms with Crippen LogP contribution in [0.15, 0.2) is 24.3 Å². The molecule has 3 nitrogen and oxygen atoms in total. The molecule has 88 valence electrons. The molecular weight excluding hydrogens is 202 g/mol. The van der Waals surface area contributed by atoms with Crippen molar-refractivity contribution in [1.29, 1.82) is 0 Å². The molecule has 3 heteroatoms. The minimum absolute atomic E-state index is 0.303. The number of rotatable bonds is 3. The molecule has 0 saturated heterocycles. The third-order valence-corrected chi connectivity index (χ3v) is 3.22. The van der Waals surface area contributed by atoms with Crippen LogP contribution in [0.25, 0.3) is 0 Å². The predicted molar refractivity (Wildman–Crippen MR) is 64.8 cm³/mol. The van der Waals surface area contributed by atoms with E-state index in [0.29, 0.717) is 17.9 Å². The summed E-state index contributed by atoms with van der Waals surface area (Å²) in [6.07, 6.45) is 5.11. The molecule has 0 radical (unpaired) electrons. The van der Waals surface area contributed by atoms with E-state index in [2.05, 4.69) is 5.32 Å². The third-order valence-electron chi connectivity index (χ3n) is 3.22. The second-order valence-electron chi connectivity index (χ2n) is 4.36. The first-order chi connectivity index (χ1) is 7.79. The van der Waals surface area contributed by atoms with Gasteiger partial charge < -0.3 is 15.2 Å². The van der Waals surface area contributed by atoms with Crippen molar-refractivity contribution in [3.63, 3.8) is 0 Å². The highest BCUT2D eigenvalue weighted by Gasteiger charge is 2.24. The number of aromatic hydroxyl groups is 1. The first-order valence-electron chi connectivity index (χ1n) is 5.88. The van der Waals surface area contributed by atoms with Gasteiger partial charge >= 0.3 is 0 Å². The Labute approximate surface area is 96.4 Å². The van der Waals surface area contributed by atoms with E-state index in [9.17, 15) is 5.11 Å². The Bertz CT molecular complexity index is 323. The van der Waals surface area contributed by atoms with Gasteiger partial charge in [-0.15, -0.1) is 0 Å². The maximum absolute atomic E-state index is 9.21. The molecule has 1 saturated carbocycles. The molecule has 2 rings (SSSR count). The maximum atomic E-state index is 9.21. The first-order valence-corrected chi connectivity index (χ1v) is 5.88. The number of phenols is 1. The van der Waals surface area contributed by atoms with Crippen LogP contribution in [0.4, 0.5) is 5.69 Å². The summed E-state index contributed by atoms with van der Waals surface area (Å²) in [5.74, 6) is 0.303. The summed E-state index contributed by atoms with van der Waals surface area (Å²) in [5.41, 5.74) is 1.05. The van der Waals surface area contributed by atoms with Crippen LogP contribution in [0.2, 0.25) is 0 Å². The van der Waals surface area contributed by atoms with Crippen LogP contribution in [0, 0.1) is 0 Å². The Balaban J connectivity index is 1.99. The molecule has 16 heavy (non-hydrogen) atoms. The van der Waals surface area contributed by atoms with Gasteiger partial charge in [-0.1, -0.05) is 12.8 Å². The molecule has 0 aliphatic heterocycles. The zero-order chi connectivity index (χ0) is 11.4. The van der Waals surface area contributed by atoms with Gasteiger partial charge in [0.15, 0.2) is 0 Å². The van der Waals surface area contributed by atoms with Gasteiger partial charge in [0.25, 0.3) is 0 Å². The van der Waals surface area contributed by atoms with Crippen LogP contribution in [-0.2, 0) is 4.74 Å². The van der Waals surface area contributed by atoms with E-state index in [1.54, 1.807) is 19.2 Å². The molecule has 0 bridgehead atoms. The van der Waals surface area contributed by atoms with Crippen molar-refractivity contribution in [2.45, 2.75) is 37.8 Å². The number of benzene rings is 1. The number of ether oxygens (including phenoxy) is 1. The molecule has 0 aromatic heterocycles. The zero-order valence-corrected chi connectivity index (χ0v) is 9.65. The van der Waals surface area contributed by atoms with Crippen LogP contribution < -0.4 is 5.32 Å². The average Bonchev–Trinajstić information content (AvgIpc) is 2.33. The molecule has 1 aromatic carbocycles. The summed E-state index contributed by atoms with van der Waals surface area (Å²) in [6, 6.07) is 7.59. The van der Waals surface area contributed by atoms with Crippen molar-refractivity contribution in [2.75, 3.05) is 12.4 Å². The second kappa shape index (κ2) is 5.21. The van der Waals surface area contributed by atoms with Gasteiger partial charge in [-0.2, -0.15) is 0 Å². The fourth-order valence-corrected chi connectivity index (χ4v) is 2.32. The van der Waals surface area contributed by atoms with E-state index in [0.717, 1.165) is 18.5 Å². The quantitative estimate of drug-likeness (QED) is 0.771. The largest absolute Gasteiger partial charge is 0.508 e. The molecule has 2 N–H and O–H groups in total. The summed E-state index contributed by atoms with van der Waals surface area (Å²) in [4.78, 5) is 0. The lowest BCUT2D eigenvalue weighted by Gasteiger charge is -2.31. The molecule has 1 aliphatic carbocycles. The van der Waals surface area contributed by atoms with Crippen LogP contribution in [0.3, 0.4) is 0 Å². The number of hydrogen-bond donors (Lipinski definition) is 2. The van der Waals surface area contributed by atoms with Crippen LogP contribution in [-0.4, -0.2) is 24.4 Å². The normalized spacial score (nSPS) is 25.3. The molecule has 2 atom stereocenters. The lowest BCUT2D eigenvalue weighted by Crippen LogP contribution is -2.37. The minimum Gasteiger partial charge on any atom is -0.508 e.